The van der Waals surface area contributed by atoms with Gasteiger partial charge in [-0.3, -0.25) is 4.79 Å². The van der Waals surface area contributed by atoms with Gasteiger partial charge in [0.15, 0.2) is 0 Å². The quantitative estimate of drug-likeness (QED) is 0.813. The van der Waals surface area contributed by atoms with Gasteiger partial charge in [-0.25, -0.2) is 0 Å². The zero-order chi connectivity index (χ0) is 11.3. The number of hydrogen-bond donors (Lipinski definition) is 1. The highest BCUT2D eigenvalue weighted by Crippen LogP contribution is 2.14. The molecule has 1 atom stereocenters. The van der Waals surface area contributed by atoms with E-state index in [0.29, 0.717) is 6.54 Å². The summed E-state index contributed by atoms with van der Waals surface area (Å²) in [5.74, 6) is -0.149. The maximum atomic E-state index is 11.1. The van der Waals surface area contributed by atoms with Crippen LogP contribution in [0.4, 0.5) is 0 Å². The topological polar surface area (TPSA) is 29.1 Å². The predicted octanol–water partition coefficient (Wildman–Crippen LogP) is 2.63. The van der Waals surface area contributed by atoms with Crippen molar-refractivity contribution in [3.63, 3.8) is 0 Å². The van der Waals surface area contributed by atoms with E-state index in [2.05, 4.69) is 5.32 Å². The van der Waals surface area contributed by atoms with Crippen LogP contribution in [0.25, 0.3) is 0 Å². The number of amides is 1. The lowest BCUT2D eigenvalue weighted by atomic mass is 10.1. The molecule has 0 heterocycles. The molecule has 1 N–H and O–H groups in total. The van der Waals surface area contributed by atoms with Gasteiger partial charge in [0.1, 0.15) is 5.38 Å². The van der Waals surface area contributed by atoms with E-state index in [9.17, 15) is 4.79 Å². The molecule has 15 heavy (non-hydrogen) atoms. The van der Waals surface area contributed by atoms with Gasteiger partial charge in [0.2, 0.25) is 5.91 Å². The predicted molar refractivity (Wildman–Crippen MR) is 63.5 cm³/mol. The Kier molecular flexibility index (Phi) is 4.92. The third-order valence-electron chi connectivity index (χ3n) is 2.01. The van der Waals surface area contributed by atoms with Gasteiger partial charge in [-0.2, -0.15) is 0 Å². The summed E-state index contributed by atoms with van der Waals surface area (Å²) in [6.45, 7) is 2.20. The molecule has 0 saturated carbocycles. The van der Waals surface area contributed by atoms with Crippen molar-refractivity contribution in [1.29, 1.82) is 0 Å². The molecule has 2 nitrogen and oxygen atoms in total. The molecular weight excluding hydrogens is 233 g/mol. The number of nitrogens with one attached hydrogen (secondary N) is 1. The third kappa shape index (κ3) is 4.10. The lowest BCUT2D eigenvalue weighted by molar-refractivity contribution is -0.120. The smallest absolute Gasteiger partial charge is 0.237 e. The molecule has 0 saturated heterocycles. The summed E-state index contributed by atoms with van der Waals surface area (Å²) in [4.78, 5) is 11.1. The fraction of sp³-hybridized carbons (Fsp3) is 0.364. The van der Waals surface area contributed by atoms with Crippen LogP contribution in [0.5, 0.6) is 0 Å². The Labute approximate surface area is 99.6 Å². The Hall–Kier alpha value is -0.730. The van der Waals surface area contributed by atoms with Crippen molar-refractivity contribution in [1.82, 2.24) is 5.32 Å². The zero-order valence-corrected chi connectivity index (χ0v) is 9.98. The van der Waals surface area contributed by atoms with Gasteiger partial charge in [0.25, 0.3) is 0 Å². The van der Waals surface area contributed by atoms with Gasteiger partial charge in [-0.1, -0.05) is 29.8 Å². The molecule has 0 fully saturated rings. The molecule has 0 aromatic heterocycles. The van der Waals surface area contributed by atoms with E-state index in [-0.39, 0.29) is 5.91 Å². The maximum Gasteiger partial charge on any atom is 0.237 e. The fourth-order valence-corrected chi connectivity index (χ4v) is 1.47. The first-order valence-electron chi connectivity index (χ1n) is 4.76. The third-order valence-corrected chi connectivity index (χ3v) is 2.58. The number of halogens is 2. The van der Waals surface area contributed by atoms with E-state index in [1.54, 1.807) is 6.92 Å². The number of hydrogen-bond acceptors (Lipinski definition) is 1. The molecule has 0 aliphatic heterocycles. The van der Waals surface area contributed by atoms with E-state index in [0.717, 1.165) is 17.0 Å². The number of carbonyl (C=O) groups is 1. The Bertz CT molecular complexity index is 339. The van der Waals surface area contributed by atoms with Crippen molar-refractivity contribution in [2.24, 2.45) is 0 Å². The Morgan fingerprint density at radius 2 is 2.13 bits per heavy atom. The summed E-state index contributed by atoms with van der Waals surface area (Å²) in [6.07, 6.45) is 0.717. The molecule has 0 bridgehead atoms. The zero-order valence-electron chi connectivity index (χ0n) is 8.47. The van der Waals surface area contributed by atoms with Crippen LogP contribution in [0.2, 0.25) is 5.02 Å². The molecular formula is C11H13Cl2NO. The Morgan fingerprint density at radius 3 is 2.73 bits per heavy atom. The van der Waals surface area contributed by atoms with Crippen LogP contribution in [0.15, 0.2) is 24.3 Å². The first kappa shape index (κ1) is 12.3. The van der Waals surface area contributed by atoms with Crippen molar-refractivity contribution in [2.75, 3.05) is 6.54 Å². The molecule has 0 aliphatic rings. The second kappa shape index (κ2) is 5.99. The minimum Gasteiger partial charge on any atom is -0.354 e. The lowest BCUT2D eigenvalue weighted by Crippen LogP contribution is -2.31. The molecule has 1 unspecified atom stereocenters. The van der Waals surface area contributed by atoms with Gasteiger partial charge >= 0.3 is 0 Å². The number of rotatable bonds is 4. The van der Waals surface area contributed by atoms with Gasteiger partial charge in [0.05, 0.1) is 0 Å². The van der Waals surface area contributed by atoms with Gasteiger partial charge in [0, 0.05) is 11.6 Å². The summed E-state index contributed by atoms with van der Waals surface area (Å²) in [5.41, 5.74) is 1.03. The van der Waals surface area contributed by atoms with E-state index in [4.69, 9.17) is 23.2 Å². The van der Waals surface area contributed by atoms with Crippen LogP contribution in [0, 0.1) is 0 Å². The fourth-order valence-electron chi connectivity index (χ4n) is 1.16. The monoisotopic (exact) mass is 245 g/mol. The molecule has 4 heteroatoms. The van der Waals surface area contributed by atoms with Crippen LogP contribution < -0.4 is 5.32 Å². The molecule has 1 aromatic carbocycles. The Balaban J connectivity index is 2.38. The highest BCUT2D eigenvalue weighted by molar-refractivity contribution is 6.31. The van der Waals surface area contributed by atoms with Crippen molar-refractivity contribution < 1.29 is 4.79 Å². The largest absolute Gasteiger partial charge is 0.354 e. The molecule has 0 aliphatic carbocycles. The van der Waals surface area contributed by atoms with Gasteiger partial charge < -0.3 is 5.32 Å². The van der Waals surface area contributed by atoms with E-state index < -0.39 is 5.38 Å². The van der Waals surface area contributed by atoms with Gasteiger partial charge in [-0.15, -0.1) is 11.6 Å². The number of carbonyl (C=O) groups excluding carboxylic acids is 1. The second-order valence-corrected chi connectivity index (χ2v) is 4.31. The second-order valence-electron chi connectivity index (χ2n) is 3.25. The minimum absolute atomic E-state index is 0.149. The summed E-state index contributed by atoms with van der Waals surface area (Å²) in [7, 11) is 0. The van der Waals surface area contributed by atoms with E-state index in [1.165, 1.54) is 0 Å². The van der Waals surface area contributed by atoms with Crippen LogP contribution >= 0.6 is 23.2 Å². The van der Waals surface area contributed by atoms with Gasteiger partial charge in [-0.05, 0) is 25.0 Å². The van der Waals surface area contributed by atoms with Crippen LogP contribution in [0.1, 0.15) is 12.5 Å². The summed E-state index contributed by atoms with van der Waals surface area (Å²) in [5, 5.41) is 2.97. The summed E-state index contributed by atoms with van der Waals surface area (Å²) < 4.78 is 0. The first-order chi connectivity index (χ1) is 7.11. The summed E-state index contributed by atoms with van der Waals surface area (Å²) in [6, 6.07) is 7.58. The number of benzene rings is 1. The summed E-state index contributed by atoms with van der Waals surface area (Å²) >= 11 is 11.6. The van der Waals surface area contributed by atoms with Crippen molar-refractivity contribution in [3.05, 3.63) is 34.9 Å². The number of alkyl halides is 1. The molecule has 1 rings (SSSR count). The molecule has 0 radical (unpaired) electrons. The molecule has 1 aromatic rings. The highest BCUT2D eigenvalue weighted by atomic mass is 35.5. The standard InChI is InChI=1S/C11H13Cl2NO/c1-8(12)11(15)14-7-6-9-4-2-3-5-10(9)13/h2-5,8H,6-7H2,1H3,(H,14,15). The Morgan fingerprint density at radius 1 is 1.47 bits per heavy atom. The SMILES string of the molecule is CC(Cl)C(=O)NCCc1ccccc1Cl. The molecule has 82 valence electrons. The average molecular weight is 246 g/mol. The van der Waals surface area contributed by atoms with Crippen molar-refractivity contribution in [3.8, 4) is 0 Å². The first-order valence-corrected chi connectivity index (χ1v) is 5.58. The van der Waals surface area contributed by atoms with Crippen LogP contribution in [-0.4, -0.2) is 17.8 Å². The normalized spacial score (nSPS) is 12.2. The van der Waals surface area contributed by atoms with Crippen LogP contribution in [-0.2, 0) is 11.2 Å². The maximum absolute atomic E-state index is 11.1. The molecule has 1 amide bonds. The average Bonchev–Trinajstić information content (AvgIpc) is 2.20. The van der Waals surface area contributed by atoms with Crippen molar-refractivity contribution in [2.45, 2.75) is 18.7 Å². The molecule has 0 spiro atoms. The van der Waals surface area contributed by atoms with E-state index >= 15 is 0 Å². The van der Waals surface area contributed by atoms with Crippen molar-refractivity contribution >= 4 is 29.1 Å². The van der Waals surface area contributed by atoms with E-state index in [1.807, 2.05) is 24.3 Å². The highest BCUT2D eigenvalue weighted by Gasteiger charge is 2.07. The minimum atomic E-state index is -0.490. The lowest BCUT2D eigenvalue weighted by Gasteiger charge is -2.07. The van der Waals surface area contributed by atoms with Crippen LogP contribution in [0.3, 0.4) is 0 Å².